The first-order valence-electron chi connectivity index (χ1n) is 11.7. The van der Waals surface area contributed by atoms with Crippen LogP contribution in [0.1, 0.15) is 71.1 Å². The number of nitrogens with zero attached hydrogens (tertiary/aromatic N) is 2. The molecule has 180 valence electrons. The molecule has 2 aromatic heterocycles. The van der Waals surface area contributed by atoms with Crippen LogP contribution in [0.4, 0.5) is 0 Å². The average Bonchev–Trinajstić information content (AvgIpc) is 3.19. The Morgan fingerprint density at radius 1 is 1.21 bits per heavy atom. The summed E-state index contributed by atoms with van der Waals surface area (Å²) in [4.78, 5) is 29.4. The summed E-state index contributed by atoms with van der Waals surface area (Å²) in [6.45, 7) is 3.64. The van der Waals surface area contributed by atoms with E-state index in [2.05, 4.69) is 10.3 Å². The Labute approximate surface area is 198 Å². The molecule has 0 aliphatic heterocycles. The molecule has 8 nitrogen and oxygen atoms in total. The van der Waals surface area contributed by atoms with Crippen LogP contribution in [0.15, 0.2) is 42.6 Å². The van der Waals surface area contributed by atoms with E-state index in [0.717, 1.165) is 0 Å². The lowest BCUT2D eigenvalue weighted by atomic mass is 9.90. The Kier molecular flexibility index (Phi) is 6.88. The molecule has 3 N–H and O–H groups in total. The zero-order valence-electron chi connectivity index (χ0n) is 19.6. The van der Waals surface area contributed by atoms with Gasteiger partial charge in [-0.2, -0.15) is 0 Å². The molecule has 34 heavy (non-hydrogen) atoms. The van der Waals surface area contributed by atoms with Crippen LogP contribution in [-0.2, 0) is 5.54 Å². The predicted octanol–water partition coefficient (Wildman–Crippen LogP) is 3.94. The minimum Gasteiger partial charge on any atom is -0.489 e. The monoisotopic (exact) mass is 465 g/mol. The summed E-state index contributed by atoms with van der Waals surface area (Å²) in [6.07, 6.45) is 7.88. The number of carbonyl (C=O) groups is 2. The van der Waals surface area contributed by atoms with E-state index in [9.17, 15) is 19.8 Å². The number of aliphatic hydroxyl groups is 1. The van der Waals surface area contributed by atoms with E-state index in [1.54, 1.807) is 36.6 Å². The summed E-state index contributed by atoms with van der Waals surface area (Å²) in [5.74, 6) is -0.326. The first kappa shape index (κ1) is 23.8. The van der Waals surface area contributed by atoms with Gasteiger partial charge >= 0.3 is 5.97 Å². The van der Waals surface area contributed by atoms with Crippen LogP contribution in [0, 0.1) is 12.8 Å². The number of rotatable bonds is 8. The predicted molar refractivity (Wildman–Crippen MR) is 127 cm³/mol. The van der Waals surface area contributed by atoms with Crippen molar-refractivity contribution >= 4 is 17.5 Å². The number of carboxylic acids is 1. The van der Waals surface area contributed by atoms with Crippen LogP contribution < -0.4 is 10.1 Å². The number of imidazole rings is 1. The van der Waals surface area contributed by atoms with Crippen LogP contribution >= 0.6 is 0 Å². The molecule has 1 saturated carbocycles. The molecule has 0 spiro atoms. The van der Waals surface area contributed by atoms with Gasteiger partial charge in [0.25, 0.3) is 5.91 Å². The van der Waals surface area contributed by atoms with Gasteiger partial charge in [0.1, 0.15) is 5.69 Å². The minimum atomic E-state index is -1.19. The van der Waals surface area contributed by atoms with E-state index >= 15 is 0 Å². The number of aromatic carboxylic acids is 1. The zero-order chi connectivity index (χ0) is 24.3. The number of hydrogen-bond acceptors (Lipinski definition) is 5. The molecule has 3 aromatic rings. The van der Waals surface area contributed by atoms with E-state index in [1.165, 1.54) is 44.2 Å². The fraction of sp³-hybridized carbons (Fsp3) is 0.423. The first-order chi connectivity index (χ1) is 16.3. The van der Waals surface area contributed by atoms with E-state index in [-0.39, 0.29) is 5.56 Å². The molecule has 1 fully saturated rings. The molecular weight excluding hydrogens is 434 g/mol. The Balaban J connectivity index is 1.60. The molecule has 8 heteroatoms. The van der Waals surface area contributed by atoms with Crippen molar-refractivity contribution < 1.29 is 24.5 Å². The number of pyridine rings is 1. The number of carboxylic acid groups (broad SMARTS) is 1. The smallest absolute Gasteiger partial charge is 0.335 e. The van der Waals surface area contributed by atoms with Crippen LogP contribution in [-0.4, -0.2) is 44.7 Å². The van der Waals surface area contributed by atoms with Gasteiger partial charge in [-0.1, -0.05) is 31.4 Å². The lowest BCUT2D eigenvalue weighted by molar-refractivity contribution is 0.0696. The van der Waals surface area contributed by atoms with E-state index < -0.39 is 24.0 Å². The zero-order valence-corrected chi connectivity index (χ0v) is 19.6. The number of fused-ring (bicyclic) bond motifs is 1. The van der Waals surface area contributed by atoms with Crippen LogP contribution in [0.3, 0.4) is 0 Å². The summed E-state index contributed by atoms with van der Waals surface area (Å²) in [6, 6.07) is 9.88. The normalized spacial score (nSPS) is 16.2. The highest BCUT2D eigenvalue weighted by atomic mass is 16.5. The third-order valence-electron chi connectivity index (χ3n) is 6.66. The highest BCUT2D eigenvalue weighted by Crippen LogP contribution is 2.28. The second-order valence-corrected chi connectivity index (χ2v) is 9.26. The van der Waals surface area contributed by atoms with Crippen molar-refractivity contribution in [3.63, 3.8) is 0 Å². The van der Waals surface area contributed by atoms with Crippen molar-refractivity contribution in [2.45, 2.75) is 51.5 Å². The maximum absolute atomic E-state index is 13.4. The number of aromatic nitrogens is 2. The number of nitrogens with one attached hydrogen (secondary N) is 1. The number of aryl methyl sites for hydroxylation is 1. The molecular formula is C26H31N3O5. The molecule has 1 amide bonds. The highest BCUT2D eigenvalue weighted by molar-refractivity contribution is 5.95. The maximum Gasteiger partial charge on any atom is 0.335 e. The van der Waals surface area contributed by atoms with Gasteiger partial charge in [-0.05, 0) is 62.4 Å². The van der Waals surface area contributed by atoms with Gasteiger partial charge in [0.15, 0.2) is 11.4 Å². The van der Waals surface area contributed by atoms with E-state index in [0.29, 0.717) is 40.9 Å². The standard InChI is InChI=1S/C26H31N3O5/c1-17-22(24(31)28-26(2,16-30)20-11-6-10-19(14-20)25(32)33)29-13-7-12-21(23(29)27-17)34-15-18-8-4-3-5-9-18/h6-7,10-14,18,30H,3-5,8-9,15-16H2,1-2H3,(H,28,31)(H,32,33)/t26-/m0/s1. The molecule has 0 radical (unpaired) electrons. The second kappa shape index (κ2) is 9.85. The molecule has 2 heterocycles. The van der Waals surface area contributed by atoms with Crippen LogP contribution in [0.2, 0.25) is 0 Å². The lowest BCUT2D eigenvalue weighted by Crippen LogP contribution is -2.47. The summed E-state index contributed by atoms with van der Waals surface area (Å²) in [7, 11) is 0. The average molecular weight is 466 g/mol. The topological polar surface area (TPSA) is 113 Å². The molecule has 1 aliphatic carbocycles. The Morgan fingerprint density at radius 2 is 1.97 bits per heavy atom. The number of aliphatic hydroxyl groups excluding tert-OH is 1. The summed E-state index contributed by atoms with van der Waals surface area (Å²) in [5.41, 5.74) is 0.828. The van der Waals surface area contributed by atoms with Gasteiger partial charge in [-0.25, -0.2) is 9.78 Å². The quantitative estimate of drug-likeness (QED) is 0.464. The van der Waals surface area contributed by atoms with Crippen molar-refractivity contribution in [1.82, 2.24) is 14.7 Å². The van der Waals surface area contributed by atoms with Crippen molar-refractivity contribution in [1.29, 1.82) is 0 Å². The van der Waals surface area contributed by atoms with Crippen molar-refractivity contribution in [2.75, 3.05) is 13.2 Å². The minimum absolute atomic E-state index is 0.0807. The van der Waals surface area contributed by atoms with Gasteiger partial charge in [0.05, 0.1) is 30.0 Å². The molecule has 4 rings (SSSR count). The van der Waals surface area contributed by atoms with Gasteiger partial charge in [-0.15, -0.1) is 0 Å². The van der Waals surface area contributed by atoms with Gasteiger partial charge < -0.3 is 20.3 Å². The molecule has 0 saturated heterocycles. The maximum atomic E-state index is 13.4. The first-order valence-corrected chi connectivity index (χ1v) is 11.7. The van der Waals surface area contributed by atoms with Crippen LogP contribution in [0.25, 0.3) is 5.65 Å². The SMILES string of the molecule is Cc1nc2c(OCC3CCCCC3)cccn2c1C(=O)N[C@@](C)(CO)c1cccc(C(=O)O)c1. The highest BCUT2D eigenvalue weighted by Gasteiger charge is 2.31. The number of carbonyl (C=O) groups excluding carboxylic acids is 1. The number of amides is 1. The van der Waals surface area contributed by atoms with Gasteiger partial charge in [0.2, 0.25) is 0 Å². The summed E-state index contributed by atoms with van der Waals surface area (Å²) < 4.78 is 7.82. The van der Waals surface area contributed by atoms with Gasteiger partial charge in [-0.3, -0.25) is 9.20 Å². The van der Waals surface area contributed by atoms with Crippen molar-refractivity contribution in [2.24, 2.45) is 5.92 Å². The van der Waals surface area contributed by atoms with E-state index in [1.807, 2.05) is 12.1 Å². The van der Waals surface area contributed by atoms with Gasteiger partial charge in [0, 0.05) is 6.20 Å². The van der Waals surface area contributed by atoms with Crippen LogP contribution in [0.5, 0.6) is 5.75 Å². The number of benzene rings is 1. The Hall–Kier alpha value is -3.39. The Bertz CT molecular complexity index is 1200. The largest absolute Gasteiger partial charge is 0.489 e. The fourth-order valence-electron chi connectivity index (χ4n) is 4.61. The van der Waals surface area contributed by atoms with E-state index in [4.69, 9.17) is 4.74 Å². The Morgan fingerprint density at radius 3 is 2.68 bits per heavy atom. The third-order valence-corrected chi connectivity index (χ3v) is 6.66. The third kappa shape index (κ3) is 4.77. The molecule has 1 aromatic carbocycles. The molecule has 1 atom stereocenters. The summed E-state index contributed by atoms with van der Waals surface area (Å²) >= 11 is 0. The number of hydrogen-bond donors (Lipinski definition) is 3. The lowest BCUT2D eigenvalue weighted by Gasteiger charge is -2.29. The molecule has 1 aliphatic rings. The fourth-order valence-corrected chi connectivity index (χ4v) is 4.61. The summed E-state index contributed by atoms with van der Waals surface area (Å²) in [5, 5.41) is 22.3. The second-order valence-electron chi connectivity index (χ2n) is 9.26. The number of ether oxygens (including phenoxy) is 1. The molecule has 0 unspecified atom stereocenters. The van der Waals surface area contributed by atoms with Crippen molar-refractivity contribution in [3.05, 3.63) is 65.1 Å². The van der Waals surface area contributed by atoms with Crippen molar-refractivity contribution in [3.8, 4) is 5.75 Å². The molecule has 0 bridgehead atoms.